The van der Waals surface area contributed by atoms with Gasteiger partial charge in [0.1, 0.15) is 11.4 Å². The minimum atomic E-state index is -0.162. The SMILES string of the molecule is C=CC[C@H](N)c1ccc(OC(C)(C)C)cc1.Cl. The van der Waals surface area contributed by atoms with Crippen LogP contribution in [0.4, 0.5) is 0 Å². The van der Waals surface area contributed by atoms with Crippen LogP contribution in [0.2, 0.25) is 0 Å². The zero-order chi connectivity index (χ0) is 12.2. The Balaban J connectivity index is 0.00000256. The predicted molar refractivity (Wildman–Crippen MR) is 75.8 cm³/mol. The van der Waals surface area contributed by atoms with Crippen LogP contribution in [0.5, 0.6) is 5.75 Å². The molecule has 17 heavy (non-hydrogen) atoms. The van der Waals surface area contributed by atoms with Gasteiger partial charge in [0.15, 0.2) is 0 Å². The summed E-state index contributed by atoms with van der Waals surface area (Å²) in [6, 6.07) is 7.97. The predicted octanol–water partition coefficient (Wildman–Crippen LogP) is 3.86. The van der Waals surface area contributed by atoms with Crippen molar-refractivity contribution in [2.75, 3.05) is 0 Å². The maximum absolute atomic E-state index is 5.97. The second-order valence-corrected chi connectivity index (χ2v) is 4.91. The highest BCUT2D eigenvalue weighted by Crippen LogP contribution is 2.21. The zero-order valence-corrected chi connectivity index (χ0v) is 11.6. The summed E-state index contributed by atoms with van der Waals surface area (Å²) in [4.78, 5) is 0. The first-order valence-corrected chi connectivity index (χ1v) is 5.58. The first-order chi connectivity index (χ1) is 7.42. The van der Waals surface area contributed by atoms with Gasteiger partial charge < -0.3 is 10.5 Å². The highest BCUT2D eigenvalue weighted by atomic mass is 35.5. The van der Waals surface area contributed by atoms with Crippen LogP contribution in [0.15, 0.2) is 36.9 Å². The monoisotopic (exact) mass is 255 g/mol. The lowest BCUT2D eigenvalue weighted by molar-refractivity contribution is 0.131. The van der Waals surface area contributed by atoms with Gasteiger partial charge in [-0.3, -0.25) is 0 Å². The number of halogens is 1. The molecule has 0 fully saturated rings. The molecule has 1 aromatic rings. The lowest BCUT2D eigenvalue weighted by Gasteiger charge is -2.21. The average Bonchev–Trinajstić information content (AvgIpc) is 2.16. The van der Waals surface area contributed by atoms with Crippen LogP contribution in [0.1, 0.15) is 38.8 Å². The Hall–Kier alpha value is -0.990. The van der Waals surface area contributed by atoms with Gasteiger partial charge in [-0.2, -0.15) is 0 Å². The summed E-state index contributed by atoms with van der Waals surface area (Å²) in [6.45, 7) is 9.78. The average molecular weight is 256 g/mol. The van der Waals surface area contributed by atoms with Crippen molar-refractivity contribution in [3.05, 3.63) is 42.5 Å². The standard InChI is InChI=1S/C14H21NO.ClH/c1-5-6-13(15)11-7-9-12(10-8-11)16-14(2,3)4;/h5,7-10,13H,1,6,15H2,2-4H3;1H/t13-;/m0./s1. The molecule has 0 aliphatic carbocycles. The van der Waals surface area contributed by atoms with Crippen molar-refractivity contribution in [1.29, 1.82) is 0 Å². The summed E-state index contributed by atoms with van der Waals surface area (Å²) in [5.74, 6) is 0.877. The van der Waals surface area contributed by atoms with E-state index in [1.807, 2.05) is 51.1 Å². The molecule has 1 rings (SSSR count). The van der Waals surface area contributed by atoms with E-state index >= 15 is 0 Å². The number of nitrogens with two attached hydrogens (primary N) is 1. The van der Waals surface area contributed by atoms with Gasteiger partial charge in [-0.25, -0.2) is 0 Å². The van der Waals surface area contributed by atoms with Crippen LogP contribution >= 0.6 is 12.4 Å². The Morgan fingerprint density at radius 3 is 2.24 bits per heavy atom. The molecule has 96 valence electrons. The lowest BCUT2D eigenvalue weighted by atomic mass is 10.0. The van der Waals surface area contributed by atoms with E-state index < -0.39 is 0 Å². The van der Waals surface area contributed by atoms with Gasteiger partial charge in [0.25, 0.3) is 0 Å². The first kappa shape index (κ1) is 16.0. The Labute approximate surface area is 110 Å². The second kappa shape index (κ2) is 6.67. The summed E-state index contributed by atoms with van der Waals surface area (Å²) < 4.78 is 5.74. The van der Waals surface area contributed by atoms with E-state index in [0.717, 1.165) is 17.7 Å². The zero-order valence-electron chi connectivity index (χ0n) is 10.8. The molecule has 0 amide bonds. The van der Waals surface area contributed by atoms with E-state index in [1.165, 1.54) is 0 Å². The number of benzene rings is 1. The molecule has 0 saturated carbocycles. The Morgan fingerprint density at radius 1 is 1.29 bits per heavy atom. The fourth-order valence-corrected chi connectivity index (χ4v) is 1.45. The minimum Gasteiger partial charge on any atom is -0.488 e. The van der Waals surface area contributed by atoms with Gasteiger partial charge >= 0.3 is 0 Å². The molecule has 0 aliphatic heterocycles. The Kier molecular flexibility index (Phi) is 6.29. The fourth-order valence-electron chi connectivity index (χ4n) is 1.45. The second-order valence-electron chi connectivity index (χ2n) is 4.91. The largest absolute Gasteiger partial charge is 0.488 e. The van der Waals surface area contributed by atoms with E-state index in [0.29, 0.717) is 0 Å². The van der Waals surface area contributed by atoms with Crippen LogP contribution in [0.3, 0.4) is 0 Å². The van der Waals surface area contributed by atoms with E-state index in [2.05, 4.69) is 6.58 Å². The smallest absolute Gasteiger partial charge is 0.120 e. The van der Waals surface area contributed by atoms with Gasteiger partial charge in [-0.05, 0) is 44.9 Å². The lowest BCUT2D eigenvalue weighted by Crippen LogP contribution is -2.22. The van der Waals surface area contributed by atoms with Gasteiger partial charge in [0.05, 0.1) is 0 Å². The first-order valence-electron chi connectivity index (χ1n) is 5.58. The number of hydrogen-bond acceptors (Lipinski definition) is 2. The molecule has 0 aromatic heterocycles. The molecule has 0 aliphatic rings. The third-order valence-corrected chi connectivity index (χ3v) is 2.15. The molecular formula is C14H22ClNO. The number of ether oxygens (including phenoxy) is 1. The van der Waals surface area contributed by atoms with Crippen LogP contribution in [-0.4, -0.2) is 5.60 Å². The molecule has 1 aromatic carbocycles. The molecule has 1 atom stereocenters. The highest BCUT2D eigenvalue weighted by Gasteiger charge is 2.11. The highest BCUT2D eigenvalue weighted by molar-refractivity contribution is 5.85. The van der Waals surface area contributed by atoms with Crippen LogP contribution in [0.25, 0.3) is 0 Å². The van der Waals surface area contributed by atoms with Gasteiger partial charge in [-0.15, -0.1) is 19.0 Å². The Morgan fingerprint density at radius 2 is 1.82 bits per heavy atom. The summed E-state index contributed by atoms with van der Waals surface area (Å²) in [6.07, 6.45) is 2.63. The van der Waals surface area contributed by atoms with E-state index in [1.54, 1.807) is 0 Å². The van der Waals surface area contributed by atoms with Crippen LogP contribution in [0, 0.1) is 0 Å². The maximum atomic E-state index is 5.97. The normalized spacial score (nSPS) is 12.5. The van der Waals surface area contributed by atoms with Crippen molar-refractivity contribution in [3.63, 3.8) is 0 Å². The van der Waals surface area contributed by atoms with Crippen LogP contribution < -0.4 is 10.5 Å². The van der Waals surface area contributed by atoms with E-state index in [-0.39, 0.29) is 24.0 Å². The van der Waals surface area contributed by atoms with Crippen molar-refractivity contribution in [2.24, 2.45) is 5.73 Å². The molecule has 0 spiro atoms. The fraction of sp³-hybridized carbons (Fsp3) is 0.429. The molecule has 0 unspecified atom stereocenters. The minimum absolute atomic E-state index is 0. The molecular weight excluding hydrogens is 234 g/mol. The van der Waals surface area contributed by atoms with E-state index in [9.17, 15) is 0 Å². The number of rotatable bonds is 4. The molecule has 0 radical (unpaired) electrons. The summed E-state index contributed by atoms with van der Waals surface area (Å²) >= 11 is 0. The molecule has 2 N–H and O–H groups in total. The quantitative estimate of drug-likeness (QED) is 0.830. The molecule has 3 heteroatoms. The third kappa shape index (κ3) is 5.76. The topological polar surface area (TPSA) is 35.2 Å². The van der Waals surface area contributed by atoms with Gasteiger partial charge in [0.2, 0.25) is 0 Å². The van der Waals surface area contributed by atoms with Gasteiger partial charge in [0, 0.05) is 6.04 Å². The summed E-state index contributed by atoms with van der Waals surface area (Å²) in [7, 11) is 0. The van der Waals surface area contributed by atoms with Gasteiger partial charge in [-0.1, -0.05) is 18.2 Å². The van der Waals surface area contributed by atoms with Crippen molar-refractivity contribution in [1.82, 2.24) is 0 Å². The Bertz CT molecular complexity index is 340. The molecule has 2 nitrogen and oxygen atoms in total. The summed E-state index contributed by atoms with van der Waals surface area (Å²) in [5.41, 5.74) is 6.92. The molecule has 0 heterocycles. The maximum Gasteiger partial charge on any atom is 0.120 e. The third-order valence-electron chi connectivity index (χ3n) is 2.15. The van der Waals surface area contributed by atoms with Crippen molar-refractivity contribution < 1.29 is 4.74 Å². The van der Waals surface area contributed by atoms with Crippen molar-refractivity contribution in [2.45, 2.75) is 38.8 Å². The van der Waals surface area contributed by atoms with Crippen molar-refractivity contribution >= 4 is 12.4 Å². The number of hydrogen-bond donors (Lipinski definition) is 1. The molecule has 0 bridgehead atoms. The van der Waals surface area contributed by atoms with Crippen molar-refractivity contribution in [3.8, 4) is 5.75 Å². The van der Waals surface area contributed by atoms with Crippen LogP contribution in [-0.2, 0) is 0 Å². The summed E-state index contributed by atoms with van der Waals surface area (Å²) in [5, 5.41) is 0. The van der Waals surface area contributed by atoms with E-state index in [4.69, 9.17) is 10.5 Å². The molecule has 0 saturated heterocycles.